The van der Waals surface area contributed by atoms with Gasteiger partial charge >= 0.3 is 12.3 Å². The second-order valence-electron chi connectivity index (χ2n) is 3.74. The molecule has 0 spiro atoms. The molecule has 0 aromatic heterocycles. The highest BCUT2D eigenvalue weighted by molar-refractivity contribution is 4.68. The van der Waals surface area contributed by atoms with Crippen LogP contribution < -0.4 is 0 Å². The summed E-state index contributed by atoms with van der Waals surface area (Å²) < 4.78 is 57.4. The number of unbranched alkanes of at least 4 members (excludes halogenated alkanes) is 1. The van der Waals surface area contributed by atoms with Crippen LogP contribution in [0.2, 0.25) is 0 Å². The Labute approximate surface area is 103 Å². The Balaban J connectivity index is 3.50. The summed E-state index contributed by atoms with van der Waals surface area (Å²) in [4.78, 5) is 0. The summed E-state index contributed by atoms with van der Waals surface area (Å²) >= 11 is 0. The van der Waals surface area contributed by atoms with Crippen LogP contribution in [-0.4, -0.2) is 61.7 Å². The summed E-state index contributed by atoms with van der Waals surface area (Å²) in [6.07, 6.45) is -3.77. The molecular formula is C10H18F4O4. The first kappa shape index (κ1) is 17.6. The van der Waals surface area contributed by atoms with Crippen LogP contribution in [0.3, 0.4) is 0 Å². The van der Waals surface area contributed by atoms with E-state index in [0.29, 0.717) is 19.4 Å². The van der Waals surface area contributed by atoms with E-state index in [9.17, 15) is 22.7 Å². The van der Waals surface area contributed by atoms with Crippen LogP contribution in [0.25, 0.3) is 0 Å². The average Bonchev–Trinajstić information content (AvgIpc) is 2.28. The lowest BCUT2D eigenvalue weighted by Crippen LogP contribution is -2.34. The molecule has 0 amide bonds. The number of aliphatic hydroxyl groups excluding tert-OH is 2. The summed E-state index contributed by atoms with van der Waals surface area (Å²) in [6.45, 7) is -1.72. The van der Waals surface area contributed by atoms with Gasteiger partial charge in [-0.2, -0.15) is 8.78 Å². The topological polar surface area (TPSA) is 58.9 Å². The molecule has 0 aliphatic carbocycles. The lowest BCUT2D eigenvalue weighted by Gasteiger charge is -2.17. The molecule has 1 atom stereocenters. The number of hydrogen-bond acceptors (Lipinski definition) is 4. The maximum atomic E-state index is 12.4. The van der Waals surface area contributed by atoms with Crippen LogP contribution in [0.1, 0.15) is 12.8 Å². The predicted octanol–water partition coefficient (Wildman–Crippen LogP) is 1.05. The van der Waals surface area contributed by atoms with Gasteiger partial charge in [0, 0.05) is 13.2 Å². The third kappa shape index (κ3) is 8.62. The van der Waals surface area contributed by atoms with Gasteiger partial charge in [-0.25, -0.2) is 8.78 Å². The zero-order valence-electron chi connectivity index (χ0n) is 9.83. The second-order valence-corrected chi connectivity index (χ2v) is 3.74. The molecule has 18 heavy (non-hydrogen) atoms. The number of halogens is 4. The second kappa shape index (κ2) is 9.48. The molecule has 0 aliphatic heterocycles. The van der Waals surface area contributed by atoms with Crippen molar-refractivity contribution in [1.82, 2.24) is 0 Å². The fourth-order valence-corrected chi connectivity index (χ4v) is 0.977. The van der Waals surface area contributed by atoms with Crippen LogP contribution in [-0.2, 0) is 9.47 Å². The van der Waals surface area contributed by atoms with Crippen molar-refractivity contribution in [1.29, 1.82) is 0 Å². The zero-order valence-corrected chi connectivity index (χ0v) is 9.83. The average molecular weight is 278 g/mol. The molecule has 0 aromatic carbocycles. The van der Waals surface area contributed by atoms with Gasteiger partial charge in [0.2, 0.25) is 0 Å². The van der Waals surface area contributed by atoms with Crippen molar-refractivity contribution in [3.63, 3.8) is 0 Å². The first-order valence-corrected chi connectivity index (χ1v) is 5.50. The summed E-state index contributed by atoms with van der Waals surface area (Å²) in [5.74, 6) is -4.21. The van der Waals surface area contributed by atoms with Gasteiger partial charge in [0.15, 0.2) is 0 Å². The maximum Gasteiger partial charge on any atom is 0.330 e. The van der Waals surface area contributed by atoms with Gasteiger partial charge in [0.05, 0.1) is 13.2 Å². The van der Waals surface area contributed by atoms with Gasteiger partial charge in [-0.3, -0.25) is 0 Å². The summed E-state index contributed by atoms with van der Waals surface area (Å²) in [6, 6.07) is 0. The fraction of sp³-hybridized carbons (Fsp3) is 1.00. The Morgan fingerprint density at radius 3 is 2.22 bits per heavy atom. The predicted molar refractivity (Wildman–Crippen MR) is 54.9 cm³/mol. The molecule has 0 saturated carbocycles. The van der Waals surface area contributed by atoms with E-state index in [1.807, 2.05) is 0 Å². The van der Waals surface area contributed by atoms with E-state index in [4.69, 9.17) is 9.84 Å². The molecule has 8 heteroatoms. The van der Waals surface area contributed by atoms with E-state index in [1.54, 1.807) is 0 Å². The lowest BCUT2D eigenvalue weighted by molar-refractivity contribution is -0.172. The molecule has 0 aliphatic rings. The number of hydrogen-bond donors (Lipinski definition) is 2. The van der Waals surface area contributed by atoms with Crippen LogP contribution >= 0.6 is 0 Å². The Morgan fingerprint density at radius 1 is 1.06 bits per heavy atom. The molecule has 2 N–H and O–H groups in total. The monoisotopic (exact) mass is 278 g/mol. The number of ether oxygens (including phenoxy) is 2. The first-order chi connectivity index (χ1) is 8.40. The van der Waals surface area contributed by atoms with Crippen LogP contribution in [0.5, 0.6) is 0 Å². The van der Waals surface area contributed by atoms with Gasteiger partial charge in [-0.1, -0.05) is 0 Å². The number of aliphatic hydroxyl groups is 2. The third-order valence-corrected chi connectivity index (χ3v) is 1.93. The molecule has 110 valence electrons. The van der Waals surface area contributed by atoms with Gasteiger partial charge in [0.1, 0.15) is 12.7 Å². The van der Waals surface area contributed by atoms with Crippen molar-refractivity contribution in [3.05, 3.63) is 0 Å². The van der Waals surface area contributed by atoms with Crippen LogP contribution in [0.15, 0.2) is 0 Å². The third-order valence-electron chi connectivity index (χ3n) is 1.93. The molecule has 0 aromatic rings. The van der Waals surface area contributed by atoms with E-state index in [0.717, 1.165) is 0 Å². The minimum atomic E-state index is -4.21. The van der Waals surface area contributed by atoms with Crippen molar-refractivity contribution < 1.29 is 37.2 Å². The minimum Gasteiger partial charge on any atom is -0.396 e. The summed E-state index contributed by atoms with van der Waals surface area (Å²) in [7, 11) is 0. The van der Waals surface area contributed by atoms with E-state index in [-0.39, 0.29) is 13.2 Å². The van der Waals surface area contributed by atoms with Gasteiger partial charge in [-0.15, -0.1) is 0 Å². The highest BCUT2D eigenvalue weighted by Crippen LogP contribution is 2.22. The van der Waals surface area contributed by atoms with Crippen molar-refractivity contribution in [2.45, 2.75) is 31.3 Å². The van der Waals surface area contributed by atoms with Crippen LogP contribution in [0, 0.1) is 0 Å². The molecular weight excluding hydrogens is 260 g/mol. The Bertz CT molecular complexity index is 204. The fourth-order valence-electron chi connectivity index (χ4n) is 0.977. The van der Waals surface area contributed by atoms with Crippen molar-refractivity contribution >= 4 is 0 Å². The summed E-state index contributed by atoms with van der Waals surface area (Å²) in [5, 5.41) is 17.7. The van der Waals surface area contributed by atoms with E-state index < -0.39 is 31.7 Å². The molecule has 0 rings (SSSR count). The lowest BCUT2D eigenvalue weighted by atomic mass is 10.3. The number of rotatable bonds is 11. The van der Waals surface area contributed by atoms with E-state index >= 15 is 0 Å². The van der Waals surface area contributed by atoms with E-state index in [2.05, 4.69) is 4.74 Å². The largest absolute Gasteiger partial charge is 0.396 e. The highest BCUT2D eigenvalue weighted by atomic mass is 19.3. The molecule has 0 saturated heterocycles. The quantitative estimate of drug-likeness (QED) is 0.438. The highest BCUT2D eigenvalue weighted by Gasteiger charge is 2.41. The molecule has 0 heterocycles. The van der Waals surface area contributed by atoms with Gasteiger partial charge in [-0.05, 0) is 12.8 Å². The number of alkyl halides is 4. The summed E-state index contributed by atoms with van der Waals surface area (Å²) in [5.41, 5.74) is 0. The van der Waals surface area contributed by atoms with E-state index in [1.165, 1.54) is 0 Å². The minimum absolute atomic E-state index is 0.0394. The molecule has 0 bridgehead atoms. The Hall–Kier alpha value is -0.440. The van der Waals surface area contributed by atoms with Crippen molar-refractivity contribution in [3.8, 4) is 0 Å². The first-order valence-electron chi connectivity index (χ1n) is 5.50. The SMILES string of the molecule is OCCCCOCC(O)COCC(F)(F)C(F)F. The Morgan fingerprint density at radius 2 is 1.67 bits per heavy atom. The molecule has 0 radical (unpaired) electrons. The normalized spacial score (nSPS) is 14.2. The van der Waals surface area contributed by atoms with Crippen molar-refractivity contribution in [2.24, 2.45) is 0 Å². The standard InChI is InChI=1S/C10H18F4O4/c11-9(12)10(13,14)7-18-6-8(16)5-17-4-2-1-3-15/h8-9,15-16H,1-7H2. The van der Waals surface area contributed by atoms with Gasteiger partial charge in [0.25, 0.3) is 0 Å². The zero-order chi connectivity index (χ0) is 14.0. The van der Waals surface area contributed by atoms with Crippen molar-refractivity contribution in [2.75, 3.05) is 33.0 Å². The molecule has 4 nitrogen and oxygen atoms in total. The molecule has 1 unspecified atom stereocenters. The maximum absolute atomic E-state index is 12.4. The smallest absolute Gasteiger partial charge is 0.330 e. The van der Waals surface area contributed by atoms with Gasteiger partial charge < -0.3 is 19.7 Å². The van der Waals surface area contributed by atoms with Crippen LogP contribution in [0.4, 0.5) is 17.6 Å². The molecule has 0 fully saturated rings. The Kier molecular flexibility index (Phi) is 9.25.